The summed E-state index contributed by atoms with van der Waals surface area (Å²) in [5.41, 5.74) is 3.45. The van der Waals surface area contributed by atoms with Crippen LogP contribution in [0, 0.1) is 0 Å². The van der Waals surface area contributed by atoms with Crippen LogP contribution in [0.4, 0.5) is 5.69 Å². The van der Waals surface area contributed by atoms with E-state index in [9.17, 15) is 14.4 Å². The molecule has 3 rings (SSSR count). The molecule has 0 unspecified atom stereocenters. The number of carbonyl (C=O) groups excluding carboxylic acids is 3. The van der Waals surface area contributed by atoms with Crippen LogP contribution in [-0.4, -0.2) is 38.2 Å². The van der Waals surface area contributed by atoms with Gasteiger partial charge in [0.2, 0.25) is 0 Å². The number of esters is 1. The maximum Gasteiger partial charge on any atom is 0.343 e. The highest BCUT2D eigenvalue weighted by Gasteiger charge is 2.14. The van der Waals surface area contributed by atoms with E-state index in [1.165, 1.54) is 26.5 Å². The van der Waals surface area contributed by atoms with E-state index >= 15 is 0 Å². The van der Waals surface area contributed by atoms with Crippen molar-refractivity contribution in [2.24, 2.45) is 5.10 Å². The van der Waals surface area contributed by atoms with E-state index in [2.05, 4.69) is 15.8 Å². The molecule has 0 radical (unpaired) electrons. The smallest absolute Gasteiger partial charge is 0.343 e. The molecule has 3 aromatic rings. The van der Waals surface area contributed by atoms with Gasteiger partial charge >= 0.3 is 17.8 Å². The van der Waals surface area contributed by atoms with Gasteiger partial charge in [-0.1, -0.05) is 11.6 Å². The van der Waals surface area contributed by atoms with Crippen molar-refractivity contribution in [1.29, 1.82) is 0 Å². The number of anilines is 1. The van der Waals surface area contributed by atoms with Crippen LogP contribution < -0.4 is 25.0 Å². The number of carbonyl (C=O) groups is 3. The fraction of sp³-hybridized carbons (Fsp3) is 0.0833. The number of nitrogens with zero attached hydrogens (tertiary/aromatic N) is 1. The Bertz CT molecular complexity index is 1210. The van der Waals surface area contributed by atoms with Gasteiger partial charge in [0.05, 0.1) is 26.0 Å². The fourth-order valence-corrected chi connectivity index (χ4v) is 2.81. The van der Waals surface area contributed by atoms with Gasteiger partial charge in [-0.2, -0.15) is 5.10 Å². The van der Waals surface area contributed by atoms with Gasteiger partial charge in [0.15, 0.2) is 11.5 Å². The van der Waals surface area contributed by atoms with E-state index in [1.807, 2.05) is 0 Å². The molecule has 0 saturated heterocycles. The molecule has 0 heterocycles. The number of hydrogen-bond acceptors (Lipinski definition) is 7. The van der Waals surface area contributed by atoms with Gasteiger partial charge in [0.25, 0.3) is 0 Å². The number of methoxy groups -OCH3 is 2. The van der Waals surface area contributed by atoms with Crippen LogP contribution in [0.25, 0.3) is 0 Å². The van der Waals surface area contributed by atoms with Gasteiger partial charge < -0.3 is 19.5 Å². The molecular weight excluding hydrogens is 462 g/mol. The zero-order valence-electron chi connectivity index (χ0n) is 18.2. The Hall–Kier alpha value is -4.37. The molecular formula is C24H20ClN3O6. The highest BCUT2D eigenvalue weighted by atomic mass is 35.5. The van der Waals surface area contributed by atoms with Crippen LogP contribution in [0.3, 0.4) is 0 Å². The number of benzene rings is 3. The maximum atomic E-state index is 12.4. The first-order chi connectivity index (χ1) is 16.4. The molecule has 3 aromatic carbocycles. The lowest BCUT2D eigenvalue weighted by atomic mass is 10.2. The first kappa shape index (κ1) is 24.3. The van der Waals surface area contributed by atoms with Gasteiger partial charge in [0.1, 0.15) is 5.75 Å². The van der Waals surface area contributed by atoms with Gasteiger partial charge in [0, 0.05) is 10.7 Å². The van der Waals surface area contributed by atoms with Gasteiger partial charge in [-0.05, 0) is 72.3 Å². The molecule has 174 valence electrons. The van der Waals surface area contributed by atoms with Crippen molar-refractivity contribution in [1.82, 2.24) is 5.43 Å². The number of nitrogens with one attached hydrogen (secondary N) is 2. The van der Waals surface area contributed by atoms with Crippen LogP contribution in [-0.2, 0) is 9.59 Å². The number of halogens is 1. The second-order valence-corrected chi connectivity index (χ2v) is 7.12. The average molecular weight is 482 g/mol. The third-order valence-corrected chi connectivity index (χ3v) is 4.65. The van der Waals surface area contributed by atoms with Gasteiger partial charge in [-0.25, -0.2) is 10.2 Å². The Labute approximate surface area is 200 Å². The number of hydrazone groups is 1. The molecule has 0 aliphatic rings. The summed E-state index contributed by atoms with van der Waals surface area (Å²) in [4.78, 5) is 36.1. The van der Waals surface area contributed by atoms with E-state index in [0.29, 0.717) is 39.1 Å². The summed E-state index contributed by atoms with van der Waals surface area (Å²) >= 11 is 5.78. The molecule has 0 saturated carbocycles. The quantitative estimate of drug-likeness (QED) is 0.175. The molecule has 0 bridgehead atoms. The number of hydrogen-bond donors (Lipinski definition) is 2. The molecule has 10 heteroatoms. The summed E-state index contributed by atoms with van der Waals surface area (Å²) in [5.74, 6) is -1.17. The van der Waals surface area contributed by atoms with Crippen LogP contribution >= 0.6 is 11.6 Å². The molecule has 0 aliphatic carbocycles. The van der Waals surface area contributed by atoms with E-state index in [0.717, 1.165) is 0 Å². The Morgan fingerprint density at radius 2 is 1.53 bits per heavy atom. The van der Waals surface area contributed by atoms with E-state index in [4.69, 9.17) is 25.8 Å². The zero-order chi connectivity index (χ0) is 24.5. The van der Waals surface area contributed by atoms with Crippen LogP contribution in [0.1, 0.15) is 15.9 Å². The monoisotopic (exact) mass is 481 g/mol. The highest BCUT2D eigenvalue weighted by molar-refractivity contribution is 6.39. The first-order valence-corrected chi connectivity index (χ1v) is 10.2. The second-order valence-electron chi connectivity index (χ2n) is 6.69. The Balaban J connectivity index is 1.53. The Morgan fingerprint density at radius 1 is 0.853 bits per heavy atom. The van der Waals surface area contributed by atoms with E-state index < -0.39 is 17.8 Å². The summed E-state index contributed by atoms with van der Waals surface area (Å²) in [6, 6.07) is 17.4. The molecule has 0 aliphatic heterocycles. The van der Waals surface area contributed by atoms with Crippen molar-refractivity contribution >= 4 is 41.3 Å². The van der Waals surface area contributed by atoms with Crippen LogP contribution in [0.5, 0.6) is 17.2 Å². The number of ether oxygens (including phenoxy) is 3. The van der Waals surface area contributed by atoms with Crippen molar-refractivity contribution in [3.63, 3.8) is 0 Å². The predicted molar refractivity (Wildman–Crippen MR) is 127 cm³/mol. The van der Waals surface area contributed by atoms with Crippen molar-refractivity contribution in [3.05, 3.63) is 82.9 Å². The van der Waals surface area contributed by atoms with Crippen LogP contribution in [0.2, 0.25) is 5.02 Å². The highest BCUT2D eigenvalue weighted by Crippen LogP contribution is 2.28. The normalized spacial score (nSPS) is 10.4. The minimum absolute atomic E-state index is 0.294. The summed E-state index contributed by atoms with van der Waals surface area (Å²) in [6.45, 7) is 0. The number of amides is 2. The minimum Gasteiger partial charge on any atom is -0.493 e. The molecule has 2 N–H and O–H groups in total. The second kappa shape index (κ2) is 11.5. The van der Waals surface area contributed by atoms with Gasteiger partial charge in [-0.15, -0.1) is 0 Å². The lowest BCUT2D eigenvalue weighted by molar-refractivity contribution is -0.136. The molecule has 0 spiro atoms. The summed E-state index contributed by atoms with van der Waals surface area (Å²) in [7, 11) is 2.98. The third-order valence-electron chi connectivity index (χ3n) is 4.40. The fourth-order valence-electron chi connectivity index (χ4n) is 2.69. The van der Waals surface area contributed by atoms with Crippen LogP contribution in [0.15, 0.2) is 71.8 Å². The average Bonchev–Trinajstić information content (AvgIpc) is 2.85. The SMILES string of the molecule is COc1ccc(C(=O)Oc2ccc(/C=N\NC(=O)C(=O)Nc3ccc(Cl)cc3)cc2)cc1OC. The largest absolute Gasteiger partial charge is 0.493 e. The molecule has 9 nitrogen and oxygen atoms in total. The zero-order valence-corrected chi connectivity index (χ0v) is 19.0. The molecule has 0 fully saturated rings. The molecule has 2 amide bonds. The molecule has 34 heavy (non-hydrogen) atoms. The first-order valence-electron chi connectivity index (χ1n) is 9.84. The van der Waals surface area contributed by atoms with Crippen molar-refractivity contribution in [3.8, 4) is 17.2 Å². The topological polar surface area (TPSA) is 115 Å². The van der Waals surface area contributed by atoms with E-state index in [1.54, 1.807) is 60.7 Å². The number of rotatable bonds is 7. The van der Waals surface area contributed by atoms with Crippen molar-refractivity contribution < 1.29 is 28.6 Å². The Kier molecular flexibility index (Phi) is 8.20. The van der Waals surface area contributed by atoms with Gasteiger partial charge in [-0.3, -0.25) is 9.59 Å². The standard InChI is InChI=1S/C24H20ClN3O6/c1-32-20-12-5-16(13-21(20)33-2)24(31)34-19-10-3-15(4-11-19)14-26-28-23(30)22(29)27-18-8-6-17(25)7-9-18/h3-14H,1-2H3,(H,27,29)(H,28,30)/b26-14-. The lowest BCUT2D eigenvalue weighted by Crippen LogP contribution is -2.32. The predicted octanol–water partition coefficient (Wildman–Crippen LogP) is 3.67. The van der Waals surface area contributed by atoms with E-state index in [-0.39, 0.29) is 0 Å². The molecule has 0 aromatic heterocycles. The maximum absolute atomic E-state index is 12.4. The molecule has 0 atom stereocenters. The summed E-state index contributed by atoms with van der Waals surface area (Å²) in [5, 5.41) is 6.68. The lowest BCUT2D eigenvalue weighted by Gasteiger charge is -2.09. The summed E-state index contributed by atoms with van der Waals surface area (Å²) in [6.07, 6.45) is 1.34. The minimum atomic E-state index is -0.938. The summed E-state index contributed by atoms with van der Waals surface area (Å²) < 4.78 is 15.7. The Morgan fingerprint density at radius 3 is 2.18 bits per heavy atom. The third kappa shape index (κ3) is 6.57. The van der Waals surface area contributed by atoms with Crippen molar-refractivity contribution in [2.75, 3.05) is 19.5 Å². The van der Waals surface area contributed by atoms with Crippen molar-refractivity contribution in [2.45, 2.75) is 0 Å².